The lowest BCUT2D eigenvalue weighted by atomic mass is 10.1. The maximum absolute atomic E-state index is 13.2. The molecule has 5 nitrogen and oxygen atoms in total. The summed E-state index contributed by atoms with van der Waals surface area (Å²) < 4.78 is 5.83. The smallest absolute Gasteiger partial charge is 0.281 e. The molecule has 1 N–H and O–H groups in total. The number of nitrogens with one attached hydrogen (secondary N) is 1. The fraction of sp³-hybridized carbons (Fsp3) is 0.333. The van der Waals surface area contributed by atoms with Gasteiger partial charge in [0.05, 0.1) is 11.4 Å². The molecule has 4 rings (SSSR count). The number of para-hydroxylation sites is 2. The minimum atomic E-state index is -0.0191. The van der Waals surface area contributed by atoms with Crippen LogP contribution in [0.15, 0.2) is 59.6 Å². The third-order valence-electron chi connectivity index (χ3n) is 4.89. The lowest BCUT2D eigenvalue weighted by Crippen LogP contribution is -3.17. The number of hydrogen-bond donors (Lipinski definition) is 1. The zero-order chi connectivity index (χ0) is 18.1. The predicted molar refractivity (Wildman–Crippen MR) is 102 cm³/mol. The van der Waals surface area contributed by atoms with E-state index in [2.05, 4.69) is 18.8 Å². The molecule has 0 unspecified atom stereocenters. The van der Waals surface area contributed by atoms with Crippen LogP contribution in [0.5, 0.6) is 0 Å². The van der Waals surface area contributed by atoms with E-state index < -0.39 is 0 Å². The molecule has 0 aromatic heterocycles. The molecule has 1 fully saturated rings. The van der Waals surface area contributed by atoms with Crippen molar-refractivity contribution in [2.45, 2.75) is 26.1 Å². The Balaban J connectivity index is 1.65. The second-order valence-electron chi connectivity index (χ2n) is 7.12. The number of rotatable bonds is 3. The quantitative estimate of drug-likeness (QED) is 0.918. The van der Waals surface area contributed by atoms with E-state index in [0.29, 0.717) is 12.4 Å². The highest BCUT2D eigenvalue weighted by Crippen LogP contribution is 2.29. The summed E-state index contributed by atoms with van der Waals surface area (Å²) in [7, 11) is 0. The molecule has 0 saturated carbocycles. The second kappa shape index (κ2) is 7.02. The van der Waals surface area contributed by atoms with Gasteiger partial charge in [0.25, 0.3) is 5.91 Å². The average molecular weight is 350 g/mol. The molecule has 0 radical (unpaired) electrons. The third kappa shape index (κ3) is 3.28. The van der Waals surface area contributed by atoms with E-state index in [1.54, 1.807) is 0 Å². The summed E-state index contributed by atoms with van der Waals surface area (Å²) in [4.78, 5) is 21.0. The molecule has 0 bridgehead atoms. The number of morpholine rings is 1. The van der Waals surface area contributed by atoms with Gasteiger partial charge in [0.15, 0.2) is 6.67 Å². The first-order chi connectivity index (χ1) is 12.6. The highest BCUT2D eigenvalue weighted by atomic mass is 16.5. The van der Waals surface area contributed by atoms with Crippen molar-refractivity contribution in [1.29, 1.82) is 0 Å². The number of quaternary nitrogens is 1. The number of benzene rings is 2. The van der Waals surface area contributed by atoms with Crippen molar-refractivity contribution in [3.8, 4) is 0 Å². The number of ether oxygens (including phenoxy) is 1. The van der Waals surface area contributed by atoms with E-state index in [0.717, 1.165) is 30.0 Å². The van der Waals surface area contributed by atoms with Crippen LogP contribution < -0.4 is 9.80 Å². The first-order valence-corrected chi connectivity index (χ1v) is 9.16. The van der Waals surface area contributed by atoms with E-state index in [1.165, 1.54) is 4.90 Å². The van der Waals surface area contributed by atoms with Crippen molar-refractivity contribution >= 4 is 23.0 Å². The van der Waals surface area contributed by atoms with Crippen molar-refractivity contribution in [3.05, 3.63) is 60.2 Å². The minimum absolute atomic E-state index is 0.0191. The molecule has 2 heterocycles. The Hall–Kier alpha value is -2.50. The molecule has 5 heteroatoms. The molecule has 2 atom stereocenters. The molecule has 0 aliphatic carbocycles. The van der Waals surface area contributed by atoms with Crippen LogP contribution in [-0.2, 0) is 9.53 Å². The topological polar surface area (TPSA) is 46.3 Å². The number of hydrogen-bond acceptors (Lipinski definition) is 3. The van der Waals surface area contributed by atoms with Crippen LogP contribution in [0.4, 0.5) is 11.4 Å². The van der Waals surface area contributed by atoms with Crippen LogP contribution >= 0.6 is 0 Å². The van der Waals surface area contributed by atoms with Crippen molar-refractivity contribution in [1.82, 2.24) is 0 Å². The van der Waals surface area contributed by atoms with E-state index in [1.807, 2.05) is 59.5 Å². The largest absolute Gasteiger partial charge is 0.364 e. The van der Waals surface area contributed by atoms with Gasteiger partial charge < -0.3 is 9.64 Å². The normalized spacial score (nSPS) is 27.0. The van der Waals surface area contributed by atoms with Crippen molar-refractivity contribution in [2.75, 3.05) is 24.7 Å². The van der Waals surface area contributed by atoms with E-state index >= 15 is 0 Å². The van der Waals surface area contributed by atoms with E-state index in [-0.39, 0.29) is 18.1 Å². The van der Waals surface area contributed by atoms with Gasteiger partial charge in [-0.15, -0.1) is 0 Å². The first kappa shape index (κ1) is 16.9. The molecule has 2 aromatic rings. The van der Waals surface area contributed by atoms with Gasteiger partial charge in [-0.2, -0.15) is 0 Å². The van der Waals surface area contributed by atoms with E-state index in [4.69, 9.17) is 4.74 Å². The monoisotopic (exact) mass is 350 g/mol. The number of fused-ring (bicyclic) bond motifs is 1. The molecule has 2 aromatic carbocycles. The number of nitrogens with zero attached hydrogens (tertiary/aromatic N) is 2. The van der Waals surface area contributed by atoms with E-state index in [9.17, 15) is 4.79 Å². The summed E-state index contributed by atoms with van der Waals surface area (Å²) >= 11 is 0. The molecule has 26 heavy (non-hydrogen) atoms. The summed E-state index contributed by atoms with van der Waals surface area (Å²) in [6.45, 7) is 6.64. The summed E-state index contributed by atoms with van der Waals surface area (Å²) in [6.07, 6.45) is 0.415. The van der Waals surface area contributed by atoms with Crippen LogP contribution in [0.3, 0.4) is 0 Å². The summed E-state index contributed by atoms with van der Waals surface area (Å²) in [5.74, 6) is -0.0191. The van der Waals surface area contributed by atoms with Crippen LogP contribution in [0, 0.1) is 0 Å². The van der Waals surface area contributed by atoms with Gasteiger partial charge in [0.1, 0.15) is 31.0 Å². The Labute approximate surface area is 153 Å². The molecule has 1 saturated heterocycles. The maximum Gasteiger partial charge on any atom is 0.281 e. The maximum atomic E-state index is 13.2. The van der Waals surface area contributed by atoms with Gasteiger partial charge in [-0.25, -0.2) is 4.99 Å². The van der Waals surface area contributed by atoms with Crippen LogP contribution in [0.1, 0.15) is 19.4 Å². The molecular formula is C21H24N3O2+. The molecule has 134 valence electrons. The zero-order valence-corrected chi connectivity index (χ0v) is 15.2. The van der Waals surface area contributed by atoms with Gasteiger partial charge in [0.2, 0.25) is 0 Å². The molecule has 1 amide bonds. The van der Waals surface area contributed by atoms with Crippen molar-refractivity contribution in [2.24, 2.45) is 4.99 Å². The standard InChI is InChI=1S/C21H23N3O2/c1-15-12-23(13-16(2)26-15)14-24-19-11-7-6-10-18(19)20(21(24)25)22-17-8-4-3-5-9-17/h3-11,15-16H,12-14H2,1-2H3/p+1/t15-,16-/m0/s1. The van der Waals surface area contributed by atoms with Crippen LogP contribution in [0.25, 0.3) is 0 Å². The SMILES string of the molecule is C[C@H]1C[NH+](CN2C(=O)C(=Nc3ccccc3)c3ccccc32)C[C@H](C)O1. The highest BCUT2D eigenvalue weighted by Gasteiger charge is 2.37. The van der Waals surface area contributed by atoms with Gasteiger partial charge in [0, 0.05) is 5.56 Å². The fourth-order valence-corrected chi connectivity index (χ4v) is 3.90. The van der Waals surface area contributed by atoms with Gasteiger partial charge in [-0.1, -0.05) is 36.4 Å². The van der Waals surface area contributed by atoms with Gasteiger partial charge in [-0.05, 0) is 32.0 Å². The lowest BCUT2D eigenvalue weighted by molar-refractivity contribution is -0.913. The summed E-state index contributed by atoms with van der Waals surface area (Å²) in [5, 5.41) is 0. The van der Waals surface area contributed by atoms with Gasteiger partial charge >= 0.3 is 0 Å². The highest BCUT2D eigenvalue weighted by molar-refractivity contribution is 6.54. The Morgan fingerprint density at radius 1 is 1.04 bits per heavy atom. The summed E-state index contributed by atoms with van der Waals surface area (Å²) in [6, 6.07) is 17.6. The third-order valence-corrected chi connectivity index (χ3v) is 4.89. The number of amides is 1. The molecule has 2 aliphatic rings. The van der Waals surface area contributed by atoms with Crippen molar-refractivity contribution in [3.63, 3.8) is 0 Å². The molecule has 0 spiro atoms. The van der Waals surface area contributed by atoms with Crippen molar-refractivity contribution < 1.29 is 14.4 Å². The number of carbonyl (C=O) groups excluding carboxylic acids is 1. The zero-order valence-electron chi connectivity index (χ0n) is 15.2. The Morgan fingerprint density at radius 2 is 1.69 bits per heavy atom. The predicted octanol–water partition coefficient (Wildman–Crippen LogP) is 1.80. The molecular weight excluding hydrogens is 326 g/mol. The Morgan fingerprint density at radius 3 is 2.42 bits per heavy atom. The lowest BCUT2D eigenvalue weighted by Gasteiger charge is -2.34. The minimum Gasteiger partial charge on any atom is -0.364 e. The Bertz CT molecular complexity index is 824. The molecule has 2 aliphatic heterocycles. The van der Waals surface area contributed by atoms with Gasteiger partial charge in [-0.3, -0.25) is 9.69 Å². The first-order valence-electron chi connectivity index (χ1n) is 9.16. The fourth-order valence-electron chi connectivity index (χ4n) is 3.90. The second-order valence-corrected chi connectivity index (χ2v) is 7.12. The number of anilines is 1. The summed E-state index contributed by atoms with van der Waals surface area (Å²) in [5.41, 5.74) is 3.19. The number of aliphatic imine (C=N–C) groups is 1. The van der Waals surface area contributed by atoms with Crippen LogP contribution in [0.2, 0.25) is 0 Å². The number of carbonyl (C=O) groups is 1. The average Bonchev–Trinajstić information content (AvgIpc) is 2.88. The van der Waals surface area contributed by atoms with Crippen LogP contribution in [-0.4, -0.2) is 43.6 Å². The Kier molecular flexibility index (Phi) is 4.57.